The molecule has 2 N–H and O–H groups in total. The van der Waals surface area contributed by atoms with E-state index in [4.69, 9.17) is 10.5 Å². The van der Waals surface area contributed by atoms with Gasteiger partial charge in [0.25, 0.3) is 0 Å². The predicted octanol–water partition coefficient (Wildman–Crippen LogP) is 1.24. The van der Waals surface area contributed by atoms with Crippen LogP contribution in [-0.4, -0.2) is 18.2 Å². The molecular weight excluding hydrogens is 152 g/mol. The molecule has 0 saturated carbocycles. The zero-order valence-corrected chi connectivity index (χ0v) is 7.29. The number of nitrogen functional groups attached to an aromatic ring is 1. The van der Waals surface area contributed by atoms with Gasteiger partial charge in [-0.25, -0.2) is 0 Å². The van der Waals surface area contributed by atoms with Gasteiger partial charge in [-0.15, -0.1) is 0 Å². The van der Waals surface area contributed by atoms with Gasteiger partial charge in [-0.05, 0) is 25.0 Å². The Balaban J connectivity index is 2.46. The summed E-state index contributed by atoms with van der Waals surface area (Å²) in [7, 11) is 0. The van der Waals surface area contributed by atoms with Crippen LogP contribution in [0.15, 0.2) is 18.5 Å². The van der Waals surface area contributed by atoms with Gasteiger partial charge in [0.05, 0.1) is 6.61 Å². The van der Waals surface area contributed by atoms with Crippen molar-refractivity contribution in [1.29, 1.82) is 0 Å². The van der Waals surface area contributed by atoms with Gasteiger partial charge in [0, 0.05) is 24.7 Å². The number of nitrogens with two attached hydrogens (primary N) is 1. The van der Waals surface area contributed by atoms with Crippen molar-refractivity contribution in [2.24, 2.45) is 0 Å². The van der Waals surface area contributed by atoms with Crippen LogP contribution in [0.3, 0.4) is 0 Å². The number of aromatic nitrogens is 1. The summed E-state index contributed by atoms with van der Waals surface area (Å²) >= 11 is 0. The first-order valence-corrected chi connectivity index (χ1v) is 4.10. The maximum atomic E-state index is 5.71. The molecule has 1 rings (SSSR count). The summed E-state index contributed by atoms with van der Waals surface area (Å²) in [6.45, 7) is 3.44. The van der Waals surface area contributed by atoms with E-state index >= 15 is 0 Å². The maximum absolute atomic E-state index is 5.71. The minimum absolute atomic E-state index is 0.715. The molecule has 1 heterocycles. The Bertz CT molecular complexity index is 238. The van der Waals surface area contributed by atoms with Crippen LogP contribution in [0.1, 0.15) is 12.5 Å². The number of ether oxygens (including phenoxy) is 1. The van der Waals surface area contributed by atoms with Gasteiger partial charge in [-0.1, -0.05) is 0 Å². The highest BCUT2D eigenvalue weighted by Gasteiger charge is 1.96. The van der Waals surface area contributed by atoms with Crippen LogP contribution in [0, 0.1) is 0 Å². The largest absolute Gasteiger partial charge is 0.398 e. The standard InChI is InChI=1S/C9H14N2O/c1-2-12-6-4-8-7-11-5-3-9(8)10/h3,5,7H,2,4,6H2,1H3,(H2,10,11). The van der Waals surface area contributed by atoms with E-state index in [-0.39, 0.29) is 0 Å². The Labute approximate surface area is 72.6 Å². The molecule has 3 nitrogen and oxygen atoms in total. The molecule has 0 aliphatic heterocycles. The highest BCUT2D eigenvalue weighted by molar-refractivity contribution is 5.44. The summed E-state index contributed by atoms with van der Waals surface area (Å²) in [4.78, 5) is 3.99. The third-order valence-corrected chi connectivity index (χ3v) is 1.66. The van der Waals surface area contributed by atoms with Gasteiger partial charge in [-0.2, -0.15) is 0 Å². The highest BCUT2D eigenvalue weighted by Crippen LogP contribution is 2.08. The minimum Gasteiger partial charge on any atom is -0.398 e. The Morgan fingerprint density at radius 2 is 2.42 bits per heavy atom. The fraction of sp³-hybridized carbons (Fsp3) is 0.444. The zero-order valence-electron chi connectivity index (χ0n) is 7.29. The Morgan fingerprint density at radius 1 is 1.58 bits per heavy atom. The zero-order chi connectivity index (χ0) is 8.81. The van der Waals surface area contributed by atoms with Gasteiger partial charge in [0.2, 0.25) is 0 Å². The monoisotopic (exact) mass is 166 g/mol. The molecule has 0 unspecified atom stereocenters. The number of pyridine rings is 1. The van der Waals surface area contributed by atoms with Gasteiger partial charge in [0.1, 0.15) is 0 Å². The van der Waals surface area contributed by atoms with E-state index in [0.29, 0.717) is 6.61 Å². The fourth-order valence-electron chi connectivity index (χ4n) is 0.973. The Hall–Kier alpha value is -1.09. The summed E-state index contributed by atoms with van der Waals surface area (Å²) in [6.07, 6.45) is 4.32. The normalized spacial score (nSPS) is 10.1. The van der Waals surface area contributed by atoms with Gasteiger partial charge in [0.15, 0.2) is 0 Å². The van der Waals surface area contributed by atoms with Crippen molar-refractivity contribution in [3.05, 3.63) is 24.0 Å². The first-order valence-electron chi connectivity index (χ1n) is 4.10. The predicted molar refractivity (Wildman–Crippen MR) is 48.8 cm³/mol. The summed E-state index contributed by atoms with van der Waals surface area (Å²) in [6, 6.07) is 1.81. The number of nitrogens with zero attached hydrogens (tertiary/aromatic N) is 1. The lowest BCUT2D eigenvalue weighted by molar-refractivity contribution is 0.151. The van der Waals surface area contributed by atoms with E-state index in [1.807, 2.05) is 6.92 Å². The van der Waals surface area contributed by atoms with Crippen molar-refractivity contribution in [3.63, 3.8) is 0 Å². The van der Waals surface area contributed by atoms with Gasteiger partial charge >= 0.3 is 0 Å². The molecule has 0 atom stereocenters. The summed E-state index contributed by atoms with van der Waals surface area (Å²) in [5.41, 5.74) is 7.56. The smallest absolute Gasteiger partial charge is 0.0507 e. The van der Waals surface area contributed by atoms with E-state index in [9.17, 15) is 0 Å². The van der Waals surface area contributed by atoms with Crippen molar-refractivity contribution in [1.82, 2.24) is 4.98 Å². The molecule has 3 heteroatoms. The van der Waals surface area contributed by atoms with E-state index in [1.54, 1.807) is 18.5 Å². The van der Waals surface area contributed by atoms with Crippen LogP contribution < -0.4 is 5.73 Å². The average molecular weight is 166 g/mol. The molecule has 66 valence electrons. The molecule has 1 aromatic rings. The second-order valence-electron chi connectivity index (χ2n) is 2.52. The van der Waals surface area contributed by atoms with Crippen LogP contribution >= 0.6 is 0 Å². The molecule has 0 aliphatic rings. The van der Waals surface area contributed by atoms with Crippen molar-refractivity contribution in [3.8, 4) is 0 Å². The third kappa shape index (κ3) is 2.51. The number of hydrogen-bond donors (Lipinski definition) is 1. The molecule has 0 spiro atoms. The third-order valence-electron chi connectivity index (χ3n) is 1.66. The number of rotatable bonds is 4. The SMILES string of the molecule is CCOCCc1cnccc1N. The molecule has 0 bridgehead atoms. The van der Waals surface area contributed by atoms with Crippen LogP contribution in [0.5, 0.6) is 0 Å². The molecule has 12 heavy (non-hydrogen) atoms. The second-order valence-corrected chi connectivity index (χ2v) is 2.52. The van der Waals surface area contributed by atoms with E-state index in [2.05, 4.69) is 4.98 Å². The van der Waals surface area contributed by atoms with Crippen LogP contribution in [0.25, 0.3) is 0 Å². The lowest BCUT2D eigenvalue weighted by atomic mass is 10.2. The van der Waals surface area contributed by atoms with E-state index in [0.717, 1.165) is 24.3 Å². The quantitative estimate of drug-likeness (QED) is 0.685. The molecule has 1 aromatic heterocycles. The Morgan fingerprint density at radius 3 is 3.08 bits per heavy atom. The highest BCUT2D eigenvalue weighted by atomic mass is 16.5. The molecular formula is C9H14N2O. The second kappa shape index (κ2) is 4.72. The molecule has 0 amide bonds. The van der Waals surface area contributed by atoms with Crippen molar-refractivity contribution < 1.29 is 4.74 Å². The molecule has 0 aliphatic carbocycles. The van der Waals surface area contributed by atoms with Crippen molar-refractivity contribution in [2.45, 2.75) is 13.3 Å². The van der Waals surface area contributed by atoms with Crippen molar-refractivity contribution in [2.75, 3.05) is 18.9 Å². The average Bonchev–Trinajstić information content (AvgIpc) is 2.09. The maximum Gasteiger partial charge on any atom is 0.0507 e. The summed E-state index contributed by atoms with van der Waals surface area (Å²) in [5, 5.41) is 0. The van der Waals surface area contributed by atoms with E-state index in [1.165, 1.54) is 0 Å². The number of hydrogen-bond acceptors (Lipinski definition) is 3. The molecule has 0 saturated heterocycles. The fourth-order valence-corrected chi connectivity index (χ4v) is 0.973. The van der Waals surface area contributed by atoms with Gasteiger partial charge < -0.3 is 10.5 Å². The molecule has 0 radical (unpaired) electrons. The molecule has 0 aromatic carbocycles. The van der Waals surface area contributed by atoms with Crippen molar-refractivity contribution >= 4 is 5.69 Å². The van der Waals surface area contributed by atoms with Gasteiger partial charge in [-0.3, -0.25) is 4.98 Å². The topological polar surface area (TPSA) is 48.1 Å². The lowest BCUT2D eigenvalue weighted by Crippen LogP contribution is -2.01. The minimum atomic E-state index is 0.715. The molecule has 0 fully saturated rings. The summed E-state index contributed by atoms with van der Waals surface area (Å²) in [5.74, 6) is 0. The summed E-state index contributed by atoms with van der Waals surface area (Å²) < 4.78 is 5.21. The first-order chi connectivity index (χ1) is 5.84. The van der Waals surface area contributed by atoms with E-state index < -0.39 is 0 Å². The number of anilines is 1. The Kier molecular flexibility index (Phi) is 3.54. The lowest BCUT2D eigenvalue weighted by Gasteiger charge is -2.03. The van der Waals surface area contributed by atoms with Crippen LogP contribution in [-0.2, 0) is 11.2 Å². The first kappa shape index (κ1) is 9.00. The van der Waals surface area contributed by atoms with Crippen LogP contribution in [0.4, 0.5) is 5.69 Å². The van der Waals surface area contributed by atoms with Crippen LogP contribution in [0.2, 0.25) is 0 Å².